The van der Waals surface area contributed by atoms with Gasteiger partial charge in [-0.1, -0.05) is 23.5 Å². The highest BCUT2D eigenvalue weighted by molar-refractivity contribution is 8.30. The molecule has 0 amide bonds. The molecule has 0 atom stereocenters. The van der Waals surface area contributed by atoms with Crippen LogP contribution in [-0.4, -0.2) is 15.3 Å². The van der Waals surface area contributed by atoms with Crippen molar-refractivity contribution in [3.8, 4) is 0 Å². The van der Waals surface area contributed by atoms with Gasteiger partial charge in [-0.2, -0.15) is 0 Å². The van der Waals surface area contributed by atoms with Crippen LogP contribution in [0.1, 0.15) is 6.92 Å². The molecule has 1 heterocycles. The molecule has 1 aliphatic rings. The molecule has 0 bridgehead atoms. The highest BCUT2D eigenvalue weighted by Crippen LogP contribution is 2.27. The lowest BCUT2D eigenvalue weighted by Crippen LogP contribution is -2.20. The summed E-state index contributed by atoms with van der Waals surface area (Å²) < 4.78 is 0. The van der Waals surface area contributed by atoms with Crippen molar-refractivity contribution in [2.75, 3.05) is 5.08 Å². The molecule has 1 aliphatic heterocycles. The van der Waals surface area contributed by atoms with E-state index in [4.69, 9.17) is 0 Å². The molecule has 0 N–H and O–H groups in total. The van der Waals surface area contributed by atoms with Gasteiger partial charge in [-0.3, -0.25) is 9.59 Å². The zero-order valence-corrected chi connectivity index (χ0v) is 6.55. The van der Waals surface area contributed by atoms with E-state index in [1.807, 2.05) is 0 Å². The van der Waals surface area contributed by atoms with Crippen molar-refractivity contribution in [1.82, 2.24) is 0 Å². The largest absolute Gasteiger partial charge is 0.286 e. The SMILES string of the molecule is CC1C(=O)SCSC1=O. The van der Waals surface area contributed by atoms with Crippen LogP contribution in [0.25, 0.3) is 0 Å². The van der Waals surface area contributed by atoms with Gasteiger partial charge in [0.2, 0.25) is 10.2 Å². The lowest BCUT2D eigenvalue weighted by atomic mass is 10.2. The summed E-state index contributed by atoms with van der Waals surface area (Å²) in [6.07, 6.45) is 0. The zero-order chi connectivity index (χ0) is 6.85. The van der Waals surface area contributed by atoms with E-state index >= 15 is 0 Å². The lowest BCUT2D eigenvalue weighted by Gasteiger charge is -2.12. The standard InChI is InChI=1S/C5H6O2S2/c1-3-4(6)8-2-9-5(3)7/h3H,2H2,1H3. The Morgan fingerprint density at radius 1 is 1.33 bits per heavy atom. The molecular formula is C5H6O2S2. The van der Waals surface area contributed by atoms with Crippen LogP contribution in [0.3, 0.4) is 0 Å². The number of carbonyl (C=O) groups is 2. The molecule has 2 nitrogen and oxygen atoms in total. The molecule has 0 aromatic rings. The van der Waals surface area contributed by atoms with Crippen LogP contribution in [0.5, 0.6) is 0 Å². The molecule has 0 aromatic carbocycles. The molecule has 9 heavy (non-hydrogen) atoms. The monoisotopic (exact) mass is 162 g/mol. The van der Waals surface area contributed by atoms with Crippen molar-refractivity contribution in [3.63, 3.8) is 0 Å². The van der Waals surface area contributed by atoms with Gasteiger partial charge in [0.25, 0.3) is 0 Å². The van der Waals surface area contributed by atoms with Crippen LogP contribution >= 0.6 is 23.5 Å². The molecule has 1 fully saturated rings. The van der Waals surface area contributed by atoms with Gasteiger partial charge in [0.05, 0.1) is 11.0 Å². The molecule has 0 saturated carbocycles. The minimum Gasteiger partial charge on any atom is -0.286 e. The maximum Gasteiger partial charge on any atom is 0.200 e. The first kappa shape index (κ1) is 7.15. The minimum absolute atomic E-state index is 0.0127. The van der Waals surface area contributed by atoms with Gasteiger partial charge in [0, 0.05) is 0 Å². The second-order valence-corrected chi connectivity index (χ2v) is 4.09. The van der Waals surface area contributed by atoms with Crippen LogP contribution in [0.15, 0.2) is 0 Å². The topological polar surface area (TPSA) is 34.1 Å². The predicted octanol–water partition coefficient (Wildman–Crippen LogP) is 1.11. The molecule has 1 saturated heterocycles. The van der Waals surface area contributed by atoms with E-state index in [0.29, 0.717) is 5.08 Å². The summed E-state index contributed by atoms with van der Waals surface area (Å²) in [4.78, 5) is 21.5. The Bertz CT molecular complexity index is 139. The Labute approximate surface area is 61.8 Å². The van der Waals surface area contributed by atoms with Crippen molar-refractivity contribution in [3.05, 3.63) is 0 Å². The summed E-state index contributed by atoms with van der Waals surface area (Å²) >= 11 is 2.47. The van der Waals surface area contributed by atoms with Crippen molar-refractivity contribution in [1.29, 1.82) is 0 Å². The van der Waals surface area contributed by atoms with Crippen LogP contribution in [0, 0.1) is 5.92 Å². The van der Waals surface area contributed by atoms with Crippen LogP contribution in [-0.2, 0) is 9.59 Å². The highest BCUT2D eigenvalue weighted by atomic mass is 32.2. The Morgan fingerprint density at radius 2 is 1.78 bits per heavy atom. The maximum atomic E-state index is 10.7. The Kier molecular flexibility index (Phi) is 2.18. The Hall–Kier alpha value is 0.0400. The summed E-state index contributed by atoms with van der Waals surface area (Å²) in [5, 5.41) is 0.625. The normalized spacial score (nSPS) is 22.8. The third kappa shape index (κ3) is 1.49. The van der Waals surface area contributed by atoms with Gasteiger partial charge >= 0.3 is 0 Å². The number of hydrogen-bond acceptors (Lipinski definition) is 4. The third-order valence-electron chi connectivity index (χ3n) is 1.11. The molecule has 0 aromatic heterocycles. The maximum absolute atomic E-state index is 10.7. The number of carbonyl (C=O) groups excluding carboxylic acids is 2. The highest BCUT2D eigenvalue weighted by Gasteiger charge is 2.26. The van der Waals surface area contributed by atoms with Crippen molar-refractivity contribution in [2.24, 2.45) is 5.92 Å². The van der Waals surface area contributed by atoms with Crippen molar-refractivity contribution < 1.29 is 9.59 Å². The van der Waals surface area contributed by atoms with E-state index in [2.05, 4.69) is 0 Å². The van der Waals surface area contributed by atoms with Gasteiger partial charge in [-0.05, 0) is 6.92 Å². The van der Waals surface area contributed by atoms with E-state index in [1.54, 1.807) is 6.92 Å². The van der Waals surface area contributed by atoms with Crippen LogP contribution < -0.4 is 0 Å². The van der Waals surface area contributed by atoms with Gasteiger partial charge in [0.15, 0.2) is 0 Å². The number of thioether (sulfide) groups is 2. The van der Waals surface area contributed by atoms with E-state index in [1.165, 1.54) is 23.5 Å². The zero-order valence-electron chi connectivity index (χ0n) is 4.92. The van der Waals surface area contributed by atoms with E-state index in [0.717, 1.165) is 0 Å². The Balaban J connectivity index is 2.62. The fourth-order valence-electron chi connectivity index (χ4n) is 0.492. The molecule has 0 aliphatic carbocycles. The average molecular weight is 162 g/mol. The summed E-state index contributed by atoms with van der Waals surface area (Å²) in [7, 11) is 0. The summed E-state index contributed by atoms with van der Waals surface area (Å²) in [5.41, 5.74) is 0. The molecular weight excluding hydrogens is 156 g/mol. The number of rotatable bonds is 0. The first-order valence-electron chi connectivity index (χ1n) is 2.55. The first-order valence-corrected chi connectivity index (χ1v) is 4.52. The van der Waals surface area contributed by atoms with Gasteiger partial charge in [0.1, 0.15) is 0 Å². The predicted molar refractivity (Wildman–Crippen MR) is 39.2 cm³/mol. The summed E-state index contributed by atoms with van der Waals surface area (Å²) in [6, 6.07) is 0. The van der Waals surface area contributed by atoms with Gasteiger partial charge < -0.3 is 0 Å². The molecule has 4 heteroatoms. The van der Waals surface area contributed by atoms with Gasteiger partial charge in [-0.25, -0.2) is 0 Å². The quantitative estimate of drug-likeness (QED) is 0.500. The smallest absolute Gasteiger partial charge is 0.200 e. The van der Waals surface area contributed by atoms with Crippen LogP contribution in [0.4, 0.5) is 0 Å². The van der Waals surface area contributed by atoms with E-state index in [9.17, 15) is 9.59 Å². The minimum atomic E-state index is -0.381. The van der Waals surface area contributed by atoms with E-state index < -0.39 is 0 Å². The fraction of sp³-hybridized carbons (Fsp3) is 0.600. The molecule has 0 unspecified atom stereocenters. The van der Waals surface area contributed by atoms with E-state index in [-0.39, 0.29) is 16.1 Å². The van der Waals surface area contributed by atoms with Crippen molar-refractivity contribution in [2.45, 2.75) is 6.92 Å². The third-order valence-corrected chi connectivity index (χ3v) is 3.33. The second kappa shape index (κ2) is 2.75. The van der Waals surface area contributed by atoms with Crippen molar-refractivity contribution >= 4 is 33.8 Å². The molecule has 0 radical (unpaired) electrons. The first-order chi connectivity index (χ1) is 4.22. The molecule has 0 spiro atoms. The second-order valence-electron chi connectivity index (χ2n) is 1.77. The molecule has 1 rings (SSSR count). The Morgan fingerprint density at radius 3 is 2.11 bits per heavy atom. The summed E-state index contributed by atoms with van der Waals surface area (Å²) in [6.45, 7) is 1.66. The lowest BCUT2D eigenvalue weighted by molar-refractivity contribution is -0.122. The van der Waals surface area contributed by atoms with Gasteiger partial charge in [-0.15, -0.1) is 0 Å². The molecule has 50 valence electrons. The average Bonchev–Trinajstić information content (AvgIpc) is 1.83. The fourth-order valence-corrected chi connectivity index (χ4v) is 2.45. The number of hydrogen-bond donors (Lipinski definition) is 0. The summed E-state index contributed by atoms with van der Waals surface area (Å²) in [5.74, 6) is -0.381. The van der Waals surface area contributed by atoms with Crippen LogP contribution in [0.2, 0.25) is 0 Å².